The third-order valence-electron chi connectivity index (χ3n) is 5.56. The summed E-state index contributed by atoms with van der Waals surface area (Å²) in [5.41, 5.74) is 5.57. The van der Waals surface area contributed by atoms with Gasteiger partial charge in [0.1, 0.15) is 0 Å². The Morgan fingerprint density at radius 1 is 1.04 bits per heavy atom. The Kier molecular flexibility index (Phi) is 6.47. The molecule has 2 amide bonds. The molecule has 5 nitrogen and oxygen atoms in total. The highest BCUT2D eigenvalue weighted by molar-refractivity contribution is 5.96. The SMILES string of the molecule is Cc1ccc(C(=O)NCC(=O)NCC(C)N2CCc3ccccc3C2)cc1C. The maximum Gasteiger partial charge on any atom is 0.251 e. The Morgan fingerprint density at radius 3 is 2.54 bits per heavy atom. The molecule has 3 rings (SSSR count). The van der Waals surface area contributed by atoms with E-state index in [9.17, 15) is 9.59 Å². The van der Waals surface area contributed by atoms with Gasteiger partial charge in [-0.2, -0.15) is 0 Å². The van der Waals surface area contributed by atoms with Crippen LogP contribution in [-0.2, 0) is 17.8 Å². The van der Waals surface area contributed by atoms with Gasteiger partial charge in [0.25, 0.3) is 5.91 Å². The van der Waals surface area contributed by atoms with Crippen LogP contribution < -0.4 is 10.6 Å². The first-order valence-corrected chi connectivity index (χ1v) is 9.87. The van der Waals surface area contributed by atoms with Gasteiger partial charge in [-0.25, -0.2) is 0 Å². The van der Waals surface area contributed by atoms with E-state index in [4.69, 9.17) is 0 Å². The summed E-state index contributed by atoms with van der Waals surface area (Å²) in [7, 11) is 0. The Hall–Kier alpha value is -2.66. The van der Waals surface area contributed by atoms with Gasteiger partial charge < -0.3 is 10.6 Å². The zero-order valence-corrected chi connectivity index (χ0v) is 16.9. The van der Waals surface area contributed by atoms with Crippen LogP contribution in [0.15, 0.2) is 42.5 Å². The summed E-state index contributed by atoms with van der Waals surface area (Å²) in [5.74, 6) is -0.389. The van der Waals surface area contributed by atoms with E-state index in [1.54, 1.807) is 6.07 Å². The van der Waals surface area contributed by atoms with Crippen molar-refractivity contribution >= 4 is 11.8 Å². The Balaban J connectivity index is 1.43. The van der Waals surface area contributed by atoms with E-state index in [0.717, 1.165) is 30.6 Å². The van der Waals surface area contributed by atoms with Gasteiger partial charge in [0.05, 0.1) is 6.54 Å². The molecule has 148 valence electrons. The van der Waals surface area contributed by atoms with Crippen LogP contribution in [0.5, 0.6) is 0 Å². The standard InChI is InChI=1S/C23H29N3O2/c1-16-8-9-20(12-17(16)2)23(28)25-14-22(27)24-13-18(3)26-11-10-19-6-4-5-7-21(19)15-26/h4-9,12,18H,10-11,13-15H2,1-3H3,(H,24,27)(H,25,28). The molecule has 1 aliphatic heterocycles. The van der Waals surface area contributed by atoms with Gasteiger partial charge in [0.2, 0.25) is 5.91 Å². The predicted molar refractivity (Wildman–Crippen MR) is 111 cm³/mol. The fourth-order valence-corrected chi connectivity index (χ4v) is 3.49. The minimum absolute atomic E-state index is 0.0126. The molecule has 0 fully saturated rings. The number of rotatable bonds is 6. The molecule has 0 spiro atoms. The highest BCUT2D eigenvalue weighted by atomic mass is 16.2. The van der Waals surface area contributed by atoms with Crippen LogP contribution in [0.3, 0.4) is 0 Å². The van der Waals surface area contributed by atoms with Gasteiger partial charge in [-0.1, -0.05) is 30.3 Å². The number of carbonyl (C=O) groups is 2. The molecule has 0 aromatic heterocycles. The maximum atomic E-state index is 12.2. The summed E-state index contributed by atoms with van der Waals surface area (Å²) in [6, 6.07) is 14.3. The van der Waals surface area contributed by atoms with Crippen LogP contribution in [0.1, 0.15) is 39.5 Å². The van der Waals surface area contributed by atoms with E-state index in [2.05, 4.69) is 46.7 Å². The highest BCUT2D eigenvalue weighted by Gasteiger charge is 2.20. The van der Waals surface area contributed by atoms with E-state index in [-0.39, 0.29) is 24.4 Å². The third kappa shape index (κ3) is 4.98. The van der Waals surface area contributed by atoms with Gasteiger partial charge in [0, 0.05) is 31.2 Å². The number of fused-ring (bicyclic) bond motifs is 1. The van der Waals surface area contributed by atoms with E-state index in [1.165, 1.54) is 11.1 Å². The first-order valence-electron chi connectivity index (χ1n) is 9.87. The molecule has 0 saturated heterocycles. The predicted octanol–water partition coefficient (Wildman–Crippen LogP) is 2.60. The summed E-state index contributed by atoms with van der Waals surface area (Å²) in [6.07, 6.45) is 1.04. The van der Waals surface area contributed by atoms with Crippen LogP contribution in [0.2, 0.25) is 0 Å². The number of carbonyl (C=O) groups excluding carboxylic acids is 2. The van der Waals surface area contributed by atoms with Gasteiger partial charge in [0.15, 0.2) is 0 Å². The molecule has 0 radical (unpaired) electrons. The molecule has 2 N–H and O–H groups in total. The van der Waals surface area contributed by atoms with E-state index in [0.29, 0.717) is 12.1 Å². The van der Waals surface area contributed by atoms with Gasteiger partial charge in [-0.05, 0) is 61.6 Å². The summed E-state index contributed by atoms with van der Waals surface area (Å²) >= 11 is 0. The van der Waals surface area contributed by atoms with E-state index in [1.807, 2.05) is 26.0 Å². The Morgan fingerprint density at radius 2 is 1.79 bits per heavy atom. The zero-order chi connectivity index (χ0) is 20.1. The minimum Gasteiger partial charge on any atom is -0.353 e. The molecular weight excluding hydrogens is 350 g/mol. The maximum absolute atomic E-state index is 12.2. The van der Waals surface area contributed by atoms with Crippen molar-refractivity contribution < 1.29 is 9.59 Å². The van der Waals surface area contributed by atoms with E-state index < -0.39 is 0 Å². The normalized spacial score (nSPS) is 14.8. The molecule has 1 aliphatic rings. The lowest BCUT2D eigenvalue weighted by Gasteiger charge is -2.33. The average molecular weight is 380 g/mol. The highest BCUT2D eigenvalue weighted by Crippen LogP contribution is 2.19. The molecule has 2 aromatic carbocycles. The molecule has 5 heteroatoms. The van der Waals surface area contributed by atoms with Crippen molar-refractivity contribution in [3.8, 4) is 0 Å². The number of nitrogens with zero attached hydrogens (tertiary/aromatic N) is 1. The number of benzene rings is 2. The van der Waals surface area contributed by atoms with Crippen molar-refractivity contribution in [2.24, 2.45) is 0 Å². The fourth-order valence-electron chi connectivity index (χ4n) is 3.49. The lowest BCUT2D eigenvalue weighted by molar-refractivity contribution is -0.120. The first kappa shape index (κ1) is 20.1. The van der Waals surface area contributed by atoms with Gasteiger partial charge in [-0.3, -0.25) is 14.5 Å². The van der Waals surface area contributed by atoms with Crippen LogP contribution in [0.25, 0.3) is 0 Å². The molecular formula is C23H29N3O2. The van der Waals surface area contributed by atoms with Crippen LogP contribution >= 0.6 is 0 Å². The van der Waals surface area contributed by atoms with Gasteiger partial charge in [-0.15, -0.1) is 0 Å². The van der Waals surface area contributed by atoms with Crippen molar-refractivity contribution in [3.05, 3.63) is 70.3 Å². The number of aryl methyl sites for hydroxylation is 2. The number of nitrogens with one attached hydrogen (secondary N) is 2. The number of hydrogen-bond donors (Lipinski definition) is 2. The van der Waals surface area contributed by atoms with Crippen molar-refractivity contribution in [2.45, 2.75) is 39.8 Å². The molecule has 0 saturated carbocycles. The third-order valence-corrected chi connectivity index (χ3v) is 5.56. The van der Waals surface area contributed by atoms with Crippen molar-refractivity contribution in [3.63, 3.8) is 0 Å². The second-order valence-corrected chi connectivity index (χ2v) is 7.62. The largest absolute Gasteiger partial charge is 0.353 e. The van der Waals surface area contributed by atoms with Crippen LogP contribution in [-0.4, -0.2) is 42.4 Å². The smallest absolute Gasteiger partial charge is 0.251 e. The lowest BCUT2D eigenvalue weighted by Crippen LogP contribution is -2.46. The minimum atomic E-state index is -0.223. The fraction of sp³-hybridized carbons (Fsp3) is 0.391. The zero-order valence-electron chi connectivity index (χ0n) is 16.9. The van der Waals surface area contributed by atoms with Crippen LogP contribution in [0.4, 0.5) is 0 Å². The van der Waals surface area contributed by atoms with Crippen molar-refractivity contribution in [2.75, 3.05) is 19.6 Å². The molecule has 1 unspecified atom stereocenters. The Bertz CT molecular complexity index is 863. The number of hydrogen-bond acceptors (Lipinski definition) is 3. The Labute approximate surface area is 167 Å². The second-order valence-electron chi connectivity index (χ2n) is 7.62. The van der Waals surface area contributed by atoms with Crippen LogP contribution in [0, 0.1) is 13.8 Å². The molecule has 0 bridgehead atoms. The van der Waals surface area contributed by atoms with Gasteiger partial charge >= 0.3 is 0 Å². The summed E-state index contributed by atoms with van der Waals surface area (Å²) in [4.78, 5) is 26.7. The summed E-state index contributed by atoms with van der Waals surface area (Å²) < 4.78 is 0. The molecule has 2 aromatic rings. The second kappa shape index (κ2) is 9.02. The molecule has 1 atom stereocenters. The summed E-state index contributed by atoms with van der Waals surface area (Å²) in [5, 5.41) is 5.63. The van der Waals surface area contributed by atoms with E-state index >= 15 is 0 Å². The average Bonchev–Trinajstić information content (AvgIpc) is 2.71. The molecule has 1 heterocycles. The molecule has 28 heavy (non-hydrogen) atoms. The number of amides is 2. The first-order chi connectivity index (χ1) is 13.4. The topological polar surface area (TPSA) is 61.4 Å². The summed E-state index contributed by atoms with van der Waals surface area (Å²) in [6.45, 7) is 8.57. The van der Waals surface area contributed by atoms with Crippen molar-refractivity contribution in [1.82, 2.24) is 15.5 Å². The monoisotopic (exact) mass is 379 g/mol. The quantitative estimate of drug-likeness (QED) is 0.811. The van der Waals surface area contributed by atoms with Crippen molar-refractivity contribution in [1.29, 1.82) is 0 Å². The lowest BCUT2D eigenvalue weighted by atomic mass is 9.99. The molecule has 0 aliphatic carbocycles.